The lowest BCUT2D eigenvalue weighted by molar-refractivity contribution is 0.394. The number of para-hydroxylation sites is 1. The summed E-state index contributed by atoms with van der Waals surface area (Å²) in [5, 5.41) is 4.20. The molecule has 0 atom stereocenters. The van der Waals surface area contributed by atoms with Crippen molar-refractivity contribution in [3.63, 3.8) is 0 Å². The van der Waals surface area contributed by atoms with Gasteiger partial charge in [0, 0.05) is 37.7 Å². The maximum Gasteiger partial charge on any atom is 0.173 e. The van der Waals surface area contributed by atoms with Crippen LogP contribution >= 0.6 is 12.2 Å². The highest BCUT2D eigenvalue weighted by Crippen LogP contribution is 2.18. The van der Waals surface area contributed by atoms with Crippen molar-refractivity contribution in [2.45, 2.75) is 32.9 Å². The molecule has 0 amide bonds. The SMILES string of the molecule is CCc1ccccc1NC(=S)N(CCCn1ccnc1)Cc1ccc(OC)cc1. The third kappa shape index (κ3) is 6.06. The standard InChI is InChI=1S/C23H28N4OS/c1-3-20-7-4-5-8-22(20)25-23(29)27(15-6-14-26-16-13-24-18-26)17-19-9-11-21(28-2)12-10-19/h4-5,7-13,16,18H,3,6,14-15,17H2,1-2H3,(H,25,29). The molecule has 29 heavy (non-hydrogen) atoms. The Morgan fingerprint density at radius 3 is 2.66 bits per heavy atom. The first-order valence-electron chi connectivity index (χ1n) is 9.92. The Bertz CT molecular complexity index is 894. The molecular formula is C23H28N4OS. The second kappa shape index (κ2) is 10.6. The Morgan fingerprint density at radius 1 is 1.17 bits per heavy atom. The average Bonchev–Trinajstić information content (AvgIpc) is 3.27. The monoisotopic (exact) mass is 408 g/mol. The molecule has 0 spiro atoms. The van der Waals surface area contributed by atoms with Crippen LogP contribution in [0.1, 0.15) is 24.5 Å². The Hall–Kier alpha value is -2.86. The number of ether oxygens (including phenoxy) is 1. The van der Waals surface area contributed by atoms with Crippen LogP contribution in [0.3, 0.4) is 0 Å². The smallest absolute Gasteiger partial charge is 0.173 e. The summed E-state index contributed by atoms with van der Waals surface area (Å²) in [6.07, 6.45) is 7.58. The lowest BCUT2D eigenvalue weighted by Crippen LogP contribution is -2.35. The van der Waals surface area contributed by atoms with Gasteiger partial charge in [0.1, 0.15) is 5.75 Å². The fourth-order valence-corrected chi connectivity index (χ4v) is 3.48. The molecule has 0 bridgehead atoms. The second-order valence-corrected chi connectivity index (χ2v) is 7.25. The molecule has 1 N–H and O–H groups in total. The summed E-state index contributed by atoms with van der Waals surface area (Å²) in [5.41, 5.74) is 3.54. The maximum absolute atomic E-state index is 5.80. The van der Waals surface area contributed by atoms with Gasteiger partial charge < -0.3 is 19.5 Å². The first-order valence-corrected chi connectivity index (χ1v) is 10.3. The van der Waals surface area contributed by atoms with E-state index in [9.17, 15) is 0 Å². The molecule has 0 fully saturated rings. The fourth-order valence-electron chi connectivity index (χ4n) is 3.21. The molecule has 6 heteroatoms. The minimum Gasteiger partial charge on any atom is -0.497 e. The van der Waals surface area contributed by atoms with Crippen LogP contribution < -0.4 is 10.1 Å². The molecule has 3 aromatic rings. The van der Waals surface area contributed by atoms with Gasteiger partial charge >= 0.3 is 0 Å². The highest BCUT2D eigenvalue weighted by molar-refractivity contribution is 7.80. The van der Waals surface area contributed by atoms with Crippen LogP contribution in [0, 0.1) is 0 Å². The van der Waals surface area contributed by atoms with E-state index in [1.54, 1.807) is 7.11 Å². The Labute approximate surface area is 178 Å². The molecule has 3 rings (SSSR count). The molecule has 1 heterocycles. The van der Waals surface area contributed by atoms with Gasteiger partial charge in [0.05, 0.1) is 13.4 Å². The molecule has 152 valence electrons. The van der Waals surface area contributed by atoms with E-state index in [1.807, 2.05) is 36.9 Å². The highest BCUT2D eigenvalue weighted by atomic mass is 32.1. The number of nitrogens with zero attached hydrogens (tertiary/aromatic N) is 3. The van der Waals surface area contributed by atoms with E-state index in [1.165, 1.54) is 11.1 Å². The number of aryl methyl sites for hydroxylation is 2. The van der Waals surface area contributed by atoms with E-state index in [0.717, 1.165) is 49.0 Å². The topological polar surface area (TPSA) is 42.3 Å². The van der Waals surface area contributed by atoms with Crippen molar-refractivity contribution in [3.05, 3.63) is 78.4 Å². The lowest BCUT2D eigenvalue weighted by atomic mass is 10.1. The van der Waals surface area contributed by atoms with E-state index >= 15 is 0 Å². The number of nitrogens with one attached hydrogen (secondary N) is 1. The predicted octanol–water partition coefficient (Wildman–Crippen LogP) is 4.74. The third-order valence-corrected chi connectivity index (χ3v) is 5.22. The summed E-state index contributed by atoms with van der Waals surface area (Å²) in [6, 6.07) is 16.5. The number of thiocarbonyl (C=S) groups is 1. The number of methoxy groups -OCH3 is 1. The van der Waals surface area contributed by atoms with Gasteiger partial charge in [-0.05, 0) is 54.4 Å². The zero-order valence-electron chi connectivity index (χ0n) is 17.0. The van der Waals surface area contributed by atoms with Crippen LogP contribution in [0.5, 0.6) is 5.75 Å². The van der Waals surface area contributed by atoms with Crippen molar-refractivity contribution in [2.24, 2.45) is 0 Å². The zero-order valence-corrected chi connectivity index (χ0v) is 17.9. The van der Waals surface area contributed by atoms with Gasteiger partial charge in [0.2, 0.25) is 0 Å². The largest absolute Gasteiger partial charge is 0.497 e. The summed E-state index contributed by atoms with van der Waals surface area (Å²) in [4.78, 5) is 6.34. The Kier molecular flexibility index (Phi) is 7.64. The average molecular weight is 409 g/mol. The van der Waals surface area contributed by atoms with Gasteiger partial charge in [-0.15, -0.1) is 0 Å². The number of rotatable bonds is 9. The van der Waals surface area contributed by atoms with Crippen LogP contribution in [-0.2, 0) is 19.5 Å². The van der Waals surface area contributed by atoms with Crippen LogP contribution in [0.25, 0.3) is 0 Å². The van der Waals surface area contributed by atoms with Gasteiger partial charge in [0.25, 0.3) is 0 Å². The summed E-state index contributed by atoms with van der Waals surface area (Å²) in [5.74, 6) is 0.859. The quantitative estimate of drug-likeness (QED) is 0.518. The lowest BCUT2D eigenvalue weighted by Gasteiger charge is -2.27. The number of imidazole rings is 1. The summed E-state index contributed by atoms with van der Waals surface area (Å²) in [7, 11) is 1.68. The van der Waals surface area contributed by atoms with Gasteiger partial charge in [-0.1, -0.05) is 37.3 Å². The Morgan fingerprint density at radius 2 is 1.97 bits per heavy atom. The molecule has 0 aliphatic heterocycles. The van der Waals surface area contributed by atoms with E-state index in [4.69, 9.17) is 17.0 Å². The van der Waals surface area contributed by atoms with Crippen LogP contribution in [-0.4, -0.2) is 33.2 Å². The van der Waals surface area contributed by atoms with E-state index in [0.29, 0.717) is 0 Å². The van der Waals surface area contributed by atoms with Gasteiger partial charge in [-0.25, -0.2) is 4.98 Å². The first-order chi connectivity index (χ1) is 14.2. The van der Waals surface area contributed by atoms with Crippen molar-refractivity contribution >= 4 is 23.0 Å². The van der Waals surface area contributed by atoms with Gasteiger partial charge in [-0.2, -0.15) is 0 Å². The third-order valence-electron chi connectivity index (χ3n) is 4.86. The number of aromatic nitrogens is 2. The van der Waals surface area contributed by atoms with Crippen LogP contribution in [0.2, 0.25) is 0 Å². The highest BCUT2D eigenvalue weighted by Gasteiger charge is 2.12. The zero-order chi connectivity index (χ0) is 20.5. The Balaban J connectivity index is 1.70. The number of anilines is 1. The normalized spacial score (nSPS) is 10.6. The van der Waals surface area contributed by atoms with Crippen molar-refractivity contribution in [3.8, 4) is 5.75 Å². The minimum atomic E-state index is 0.743. The van der Waals surface area contributed by atoms with E-state index < -0.39 is 0 Å². The first kappa shape index (κ1) is 20.9. The van der Waals surface area contributed by atoms with Crippen molar-refractivity contribution in [2.75, 3.05) is 19.0 Å². The minimum absolute atomic E-state index is 0.743. The molecular weight excluding hydrogens is 380 g/mol. The number of hydrogen-bond acceptors (Lipinski definition) is 3. The molecule has 2 aromatic carbocycles. The van der Waals surface area contributed by atoms with Crippen LogP contribution in [0.4, 0.5) is 5.69 Å². The van der Waals surface area contributed by atoms with Crippen LogP contribution in [0.15, 0.2) is 67.3 Å². The van der Waals surface area contributed by atoms with Gasteiger partial charge in [-0.3, -0.25) is 0 Å². The summed E-state index contributed by atoms with van der Waals surface area (Å²) < 4.78 is 7.36. The molecule has 0 aliphatic rings. The molecule has 1 aromatic heterocycles. The molecule has 0 radical (unpaired) electrons. The predicted molar refractivity (Wildman–Crippen MR) is 122 cm³/mol. The van der Waals surface area contributed by atoms with E-state index in [2.05, 4.69) is 57.0 Å². The molecule has 5 nitrogen and oxygen atoms in total. The summed E-state index contributed by atoms with van der Waals surface area (Å²) >= 11 is 5.80. The second-order valence-electron chi connectivity index (χ2n) is 6.86. The molecule has 0 aliphatic carbocycles. The van der Waals surface area contributed by atoms with E-state index in [-0.39, 0.29) is 0 Å². The summed E-state index contributed by atoms with van der Waals surface area (Å²) in [6.45, 7) is 4.66. The maximum atomic E-state index is 5.80. The fraction of sp³-hybridized carbons (Fsp3) is 0.304. The van der Waals surface area contributed by atoms with Crippen molar-refractivity contribution < 1.29 is 4.74 Å². The van der Waals surface area contributed by atoms with Crippen molar-refractivity contribution in [1.82, 2.24) is 14.5 Å². The molecule has 0 saturated heterocycles. The molecule has 0 unspecified atom stereocenters. The molecule has 0 saturated carbocycles. The van der Waals surface area contributed by atoms with Crippen molar-refractivity contribution in [1.29, 1.82) is 0 Å². The number of benzene rings is 2. The number of hydrogen-bond donors (Lipinski definition) is 1. The van der Waals surface area contributed by atoms with Gasteiger partial charge in [0.15, 0.2) is 5.11 Å².